The van der Waals surface area contributed by atoms with Crippen LogP contribution in [0.1, 0.15) is 38.6 Å². The van der Waals surface area contributed by atoms with Crippen LogP contribution < -0.4 is 10.6 Å². The molecule has 0 saturated carbocycles. The SMILES string of the molecule is CCNC(=NCc1ccccc1)NCCCc1nnc(SC)n1CC(C)C. The van der Waals surface area contributed by atoms with Crippen LogP contribution >= 0.6 is 11.8 Å². The molecule has 2 aromatic rings. The predicted molar refractivity (Wildman–Crippen MR) is 114 cm³/mol. The van der Waals surface area contributed by atoms with Crippen molar-refractivity contribution in [3.05, 3.63) is 41.7 Å². The Bertz CT molecular complexity index is 696. The average Bonchev–Trinajstić information content (AvgIpc) is 3.05. The molecule has 0 spiro atoms. The van der Waals surface area contributed by atoms with Crippen LogP contribution in [-0.4, -0.2) is 40.1 Å². The average molecular weight is 389 g/mol. The monoisotopic (exact) mass is 388 g/mol. The molecule has 1 aromatic heterocycles. The first-order valence-corrected chi connectivity index (χ1v) is 10.9. The Hall–Kier alpha value is -2.02. The summed E-state index contributed by atoms with van der Waals surface area (Å²) in [4.78, 5) is 4.66. The van der Waals surface area contributed by atoms with E-state index >= 15 is 0 Å². The standard InChI is InChI=1S/C20H32N6S/c1-5-21-19(23-14-17-10-7-6-8-11-17)22-13-9-12-18-24-25-20(27-4)26(18)15-16(2)3/h6-8,10-11,16H,5,9,12-15H2,1-4H3,(H2,21,22,23). The van der Waals surface area contributed by atoms with Crippen LogP contribution in [0.2, 0.25) is 0 Å². The van der Waals surface area contributed by atoms with Gasteiger partial charge in [-0.15, -0.1) is 10.2 Å². The molecular weight excluding hydrogens is 356 g/mol. The van der Waals surface area contributed by atoms with Crippen LogP contribution in [0.25, 0.3) is 0 Å². The van der Waals surface area contributed by atoms with Gasteiger partial charge in [-0.3, -0.25) is 0 Å². The minimum Gasteiger partial charge on any atom is -0.357 e. The third-order valence-corrected chi connectivity index (χ3v) is 4.67. The van der Waals surface area contributed by atoms with Crippen molar-refractivity contribution in [1.82, 2.24) is 25.4 Å². The van der Waals surface area contributed by atoms with E-state index in [0.29, 0.717) is 12.5 Å². The summed E-state index contributed by atoms with van der Waals surface area (Å²) in [6.45, 7) is 9.87. The minimum atomic E-state index is 0.578. The molecule has 0 atom stereocenters. The van der Waals surface area contributed by atoms with Crippen molar-refractivity contribution in [1.29, 1.82) is 0 Å². The molecule has 27 heavy (non-hydrogen) atoms. The van der Waals surface area contributed by atoms with Crippen molar-refractivity contribution in [3.8, 4) is 0 Å². The smallest absolute Gasteiger partial charge is 0.191 e. The third-order valence-electron chi connectivity index (χ3n) is 4.00. The van der Waals surface area contributed by atoms with E-state index in [1.165, 1.54) is 5.56 Å². The molecule has 0 amide bonds. The molecule has 6 nitrogen and oxygen atoms in total. The van der Waals surface area contributed by atoms with E-state index in [9.17, 15) is 0 Å². The molecular formula is C20H32N6S. The summed E-state index contributed by atoms with van der Waals surface area (Å²) in [6.07, 6.45) is 3.95. The Morgan fingerprint density at radius 3 is 2.63 bits per heavy atom. The molecule has 0 aliphatic heterocycles. The second-order valence-electron chi connectivity index (χ2n) is 6.82. The number of hydrogen-bond acceptors (Lipinski definition) is 4. The number of aryl methyl sites for hydroxylation is 1. The van der Waals surface area contributed by atoms with E-state index in [1.807, 2.05) is 18.2 Å². The highest BCUT2D eigenvalue weighted by molar-refractivity contribution is 7.98. The van der Waals surface area contributed by atoms with Crippen molar-refractivity contribution in [2.45, 2.75) is 51.9 Å². The number of aromatic nitrogens is 3. The topological polar surface area (TPSA) is 67.1 Å². The molecule has 0 fully saturated rings. The highest BCUT2D eigenvalue weighted by Crippen LogP contribution is 2.16. The maximum Gasteiger partial charge on any atom is 0.191 e. The summed E-state index contributed by atoms with van der Waals surface area (Å²) in [6, 6.07) is 10.3. The van der Waals surface area contributed by atoms with Gasteiger partial charge in [-0.05, 0) is 31.1 Å². The fourth-order valence-electron chi connectivity index (χ4n) is 2.75. The summed E-state index contributed by atoms with van der Waals surface area (Å²) < 4.78 is 2.25. The number of guanidine groups is 1. The van der Waals surface area contributed by atoms with Crippen molar-refractivity contribution < 1.29 is 0 Å². The van der Waals surface area contributed by atoms with Crippen molar-refractivity contribution >= 4 is 17.7 Å². The molecule has 148 valence electrons. The van der Waals surface area contributed by atoms with E-state index in [0.717, 1.165) is 49.4 Å². The van der Waals surface area contributed by atoms with Crippen molar-refractivity contribution in [3.63, 3.8) is 0 Å². The van der Waals surface area contributed by atoms with Gasteiger partial charge in [-0.1, -0.05) is 55.9 Å². The number of nitrogens with one attached hydrogen (secondary N) is 2. The largest absolute Gasteiger partial charge is 0.357 e. The first-order valence-electron chi connectivity index (χ1n) is 9.66. The zero-order chi connectivity index (χ0) is 19.5. The molecule has 0 unspecified atom stereocenters. The summed E-state index contributed by atoms with van der Waals surface area (Å²) in [5.74, 6) is 2.50. The predicted octanol–water partition coefficient (Wildman–Crippen LogP) is 3.34. The number of thioether (sulfide) groups is 1. The van der Waals surface area contributed by atoms with E-state index in [4.69, 9.17) is 0 Å². The van der Waals surface area contributed by atoms with Gasteiger partial charge < -0.3 is 15.2 Å². The normalized spacial score (nSPS) is 11.8. The van der Waals surface area contributed by atoms with Gasteiger partial charge in [0.25, 0.3) is 0 Å². The van der Waals surface area contributed by atoms with Crippen LogP contribution in [0, 0.1) is 5.92 Å². The van der Waals surface area contributed by atoms with Gasteiger partial charge in [0, 0.05) is 26.1 Å². The van der Waals surface area contributed by atoms with Crippen LogP contribution in [0.4, 0.5) is 0 Å². The zero-order valence-corrected chi connectivity index (χ0v) is 17.7. The lowest BCUT2D eigenvalue weighted by atomic mass is 10.2. The van der Waals surface area contributed by atoms with E-state index < -0.39 is 0 Å². The highest BCUT2D eigenvalue weighted by atomic mass is 32.2. The van der Waals surface area contributed by atoms with Gasteiger partial charge in [-0.25, -0.2) is 4.99 Å². The molecule has 0 radical (unpaired) electrons. The van der Waals surface area contributed by atoms with E-state index in [2.05, 4.69) is 69.6 Å². The molecule has 1 heterocycles. The molecule has 2 rings (SSSR count). The maximum atomic E-state index is 4.66. The molecule has 0 saturated heterocycles. The number of aliphatic imine (C=N–C) groups is 1. The Morgan fingerprint density at radius 2 is 1.96 bits per heavy atom. The Morgan fingerprint density at radius 1 is 1.19 bits per heavy atom. The zero-order valence-electron chi connectivity index (χ0n) is 16.9. The minimum absolute atomic E-state index is 0.578. The fourth-order valence-corrected chi connectivity index (χ4v) is 3.28. The quantitative estimate of drug-likeness (QED) is 0.283. The van der Waals surface area contributed by atoms with Gasteiger partial charge in [0.05, 0.1) is 6.54 Å². The molecule has 1 aromatic carbocycles. The maximum absolute atomic E-state index is 4.66. The van der Waals surface area contributed by atoms with Crippen LogP contribution in [-0.2, 0) is 19.5 Å². The highest BCUT2D eigenvalue weighted by Gasteiger charge is 2.12. The molecule has 2 N–H and O–H groups in total. The number of benzene rings is 1. The van der Waals surface area contributed by atoms with Crippen molar-refractivity contribution in [2.75, 3.05) is 19.3 Å². The first-order chi connectivity index (χ1) is 13.1. The van der Waals surface area contributed by atoms with Crippen LogP contribution in [0.5, 0.6) is 0 Å². The lowest BCUT2D eigenvalue weighted by molar-refractivity contribution is 0.477. The van der Waals surface area contributed by atoms with Crippen LogP contribution in [0.3, 0.4) is 0 Å². The lowest BCUT2D eigenvalue weighted by Gasteiger charge is -2.13. The Labute approximate surface area is 167 Å². The summed E-state index contributed by atoms with van der Waals surface area (Å²) >= 11 is 1.66. The summed E-state index contributed by atoms with van der Waals surface area (Å²) in [5, 5.41) is 16.4. The third kappa shape index (κ3) is 7.25. The second kappa shape index (κ2) is 11.6. The first kappa shape index (κ1) is 21.3. The Kier molecular flexibility index (Phi) is 9.18. The van der Waals surface area contributed by atoms with E-state index in [-0.39, 0.29) is 0 Å². The molecule has 0 aliphatic rings. The number of hydrogen-bond donors (Lipinski definition) is 2. The van der Waals surface area contributed by atoms with Gasteiger partial charge in [0.15, 0.2) is 11.1 Å². The van der Waals surface area contributed by atoms with Gasteiger partial charge in [-0.2, -0.15) is 0 Å². The fraction of sp³-hybridized carbons (Fsp3) is 0.550. The summed E-state index contributed by atoms with van der Waals surface area (Å²) in [5.41, 5.74) is 1.21. The number of rotatable bonds is 10. The second-order valence-corrected chi connectivity index (χ2v) is 7.59. The van der Waals surface area contributed by atoms with E-state index in [1.54, 1.807) is 11.8 Å². The van der Waals surface area contributed by atoms with Gasteiger partial charge in [0.2, 0.25) is 0 Å². The van der Waals surface area contributed by atoms with Crippen molar-refractivity contribution in [2.24, 2.45) is 10.9 Å². The molecule has 7 heteroatoms. The summed E-state index contributed by atoms with van der Waals surface area (Å²) in [7, 11) is 0. The lowest BCUT2D eigenvalue weighted by Crippen LogP contribution is -2.37. The molecule has 0 aliphatic carbocycles. The van der Waals surface area contributed by atoms with Gasteiger partial charge in [0.1, 0.15) is 5.82 Å². The Balaban J connectivity index is 1.85. The number of nitrogens with zero attached hydrogens (tertiary/aromatic N) is 4. The van der Waals surface area contributed by atoms with Gasteiger partial charge >= 0.3 is 0 Å². The molecule has 0 bridgehead atoms. The van der Waals surface area contributed by atoms with Crippen LogP contribution in [0.15, 0.2) is 40.5 Å².